The molecular weight excluding hydrogens is 225 g/mol. The van der Waals surface area contributed by atoms with E-state index in [2.05, 4.69) is 22.4 Å². The molecule has 0 bridgehead atoms. The van der Waals surface area contributed by atoms with Gasteiger partial charge in [0.05, 0.1) is 0 Å². The Bertz CT molecular complexity index is 391. The Kier molecular flexibility index (Phi) is 3.33. The van der Waals surface area contributed by atoms with Crippen molar-refractivity contribution >= 4 is 17.6 Å². The Morgan fingerprint density at radius 3 is 2.69 bits per heavy atom. The fourth-order valence-corrected chi connectivity index (χ4v) is 2.35. The first kappa shape index (κ1) is 11.3. The van der Waals surface area contributed by atoms with E-state index in [-0.39, 0.29) is 11.3 Å². The summed E-state index contributed by atoms with van der Waals surface area (Å²) in [6, 6.07) is 6.42. The molecule has 1 aromatic carbocycles. The van der Waals surface area contributed by atoms with Gasteiger partial charge in [0.25, 0.3) is 0 Å². The fraction of sp³-hybridized carbons (Fsp3) is 0.364. The van der Waals surface area contributed by atoms with E-state index >= 15 is 0 Å². The van der Waals surface area contributed by atoms with Crippen LogP contribution in [0.4, 0.5) is 4.39 Å². The molecule has 0 aliphatic carbocycles. The zero-order chi connectivity index (χ0) is 11.5. The van der Waals surface area contributed by atoms with E-state index < -0.39 is 0 Å². The van der Waals surface area contributed by atoms with Gasteiger partial charge in [0, 0.05) is 12.1 Å². The minimum Gasteiger partial charge on any atom is -0.325 e. The van der Waals surface area contributed by atoms with E-state index in [1.165, 1.54) is 12.1 Å². The molecule has 2 rings (SSSR count). The SMILES string of the molecule is CCN1C(c2ccc(F)cc2)=NNC1SC. The second-order valence-electron chi connectivity index (χ2n) is 3.45. The maximum Gasteiger partial charge on any atom is 0.164 e. The van der Waals surface area contributed by atoms with Gasteiger partial charge in [0.15, 0.2) is 11.3 Å². The second kappa shape index (κ2) is 4.74. The molecule has 1 aromatic rings. The van der Waals surface area contributed by atoms with Crippen LogP contribution in [0, 0.1) is 5.82 Å². The minimum absolute atomic E-state index is 0.171. The van der Waals surface area contributed by atoms with E-state index in [0.29, 0.717) is 0 Å². The van der Waals surface area contributed by atoms with Gasteiger partial charge in [-0.1, -0.05) is 0 Å². The summed E-state index contributed by atoms with van der Waals surface area (Å²) in [5, 5.41) is 4.29. The van der Waals surface area contributed by atoms with Crippen LogP contribution in [0.15, 0.2) is 29.4 Å². The fourth-order valence-electron chi connectivity index (χ4n) is 1.69. The highest BCUT2D eigenvalue weighted by atomic mass is 32.2. The van der Waals surface area contributed by atoms with E-state index in [9.17, 15) is 4.39 Å². The molecule has 0 radical (unpaired) electrons. The first-order chi connectivity index (χ1) is 7.76. The number of hydrogen-bond acceptors (Lipinski definition) is 4. The van der Waals surface area contributed by atoms with Gasteiger partial charge in [-0.3, -0.25) is 5.43 Å². The van der Waals surface area contributed by atoms with Crippen LogP contribution in [0.2, 0.25) is 0 Å². The van der Waals surface area contributed by atoms with Crippen LogP contribution < -0.4 is 5.43 Å². The summed E-state index contributed by atoms with van der Waals surface area (Å²) >= 11 is 1.69. The molecule has 86 valence electrons. The minimum atomic E-state index is -0.222. The van der Waals surface area contributed by atoms with Crippen molar-refractivity contribution in [3.05, 3.63) is 35.6 Å². The molecule has 1 atom stereocenters. The first-order valence-corrected chi connectivity index (χ1v) is 6.43. The van der Waals surface area contributed by atoms with Crippen LogP contribution >= 0.6 is 11.8 Å². The zero-order valence-corrected chi connectivity index (χ0v) is 10.1. The number of thioether (sulfide) groups is 1. The molecule has 0 fully saturated rings. The Morgan fingerprint density at radius 1 is 1.44 bits per heavy atom. The van der Waals surface area contributed by atoms with Gasteiger partial charge in [0.2, 0.25) is 0 Å². The standard InChI is InChI=1S/C11H14FN3S/c1-3-15-10(13-14-11(15)16-2)8-4-6-9(12)7-5-8/h4-7,11,14H,3H2,1-2H3. The smallest absolute Gasteiger partial charge is 0.164 e. The number of hydrogen-bond donors (Lipinski definition) is 1. The van der Waals surface area contributed by atoms with E-state index in [1.54, 1.807) is 23.9 Å². The predicted molar refractivity (Wildman–Crippen MR) is 65.8 cm³/mol. The number of nitrogens with one attached hydrogen (secondary N) is 1. The number of amidine groups is 1. The van der Waals surface area contributed by atoms with E-state index in [4.69, 9.17) is 0 Å². The molecule has 1 unspecified atom stereocenters. The van der Waals surface area contributed by atoms with Crippen LogP contribution in [0.1, 0.15) is 12.5 Å². The third-order valence-electron chi connectivity index (χ3n) is 2.50. The molecule has 0 amide bonds. The molecule has 0 spiro atoms. The lowest BCUT2D eigenvalue weighted by molar-refractivity contribution is 0.412. The maximum atomic E-state index is 12.8. The van der Waals surface area contributed by atoms with Crippen LogP contribution in [0.25, 0.3) is 0 Å². The van der Waals surface area contributed by atoms with Gasteiger partial charge in [0.1, 0.15) is 5.82 Å². The lowest BCUT2D eigenvalue weighted by Gasteiger charge is -2.24. The molecule has 3 nitrogen and oxygen atoms in total. The van der Waals surface area contributed by atoms with Crippen LogP contribution in [0.5, 0.6) is 0 Å². The molecule has 0 saturated carbocycles. The average Bonchev–Trinajstić information content (AvgIpc) is 2.72. The zero-order valence-electron chi connectivity index (χ0n) is 9.27. The third kappa shape index (κ3) is 2.00. The van der Waals surface area contributed by atoms with Crippen molar-refractivity contribution in [2.45, 2.75) is 12.4 Å². The highest BCUT2D eigenvalue weighted by Gasteiger charge is 2.26. The number of nitrogens with zero attached hydrogens (tertiary/aromatic N) is 2. The van der Waals surface area contributed by atoms with Crippen molar-refractivity contribution in [1.29, 1.82) is 0 Å². The average molecular weight is 239 g/mol. The molecule has 1 aliphatic rings. The van der Waals surface area contributed by atoms with E-state index in [1.807, 2.05) is 6.26 Å². The molecule has 5 heteroatoms. The molecule has 16 heavy (non-hydrogen) atoms. The molecule has 1 N–H and O–H groups in total. The van der Waals surface area contributed by atoms with Crippen LogP contribution in [-0.2, 0) is 0 Å². The Hall–Kier alpha value is -1.23. The number of rotatable bonds is 3. The Morgan fingerprint density at radius 2 is 2.12 bits per heavy atom. The highest BCUT2D eigenvalue weighted by Crippen LogP contribution is 2.19. The summed E-state index contributed by atoms with van der Waals surface area (Å²) < 4.78 is 12.8. The number of halogens is 1. The quantitative estimate of drug-likeness (QED) is 0.875. The van der Waals surface area contributed by atoms with Gasteiger partial charge in [-0.25, -0.2) is 4.39 Å². The summed E-state index contributed by atoms with van der Waals surface area (Å²) in [5.74, 6) is 0.654. The molecule has 1 aliphatic heterocycles. The lowest BCUT2D eigenvalue weighted by Crippen LogP contribution is -2.37. The van der Waals surface area contributed by atoms with Gasteiger partial charge < -0.3 is 4.90 Å². The summed E-state index contributed by atoms with van der Waals surface area (Å²) in [6.45, 7) is 2.95. The summed E-state index contributed by atoms with van der Waals surface area (Å²) in [6.07, 6.45) is 2.03. The predicted octanol–water partition coefficient (Wildman–Crippen LogP) is 2.06. The van der Waals surface area contributed by atoms with Gasteiger partial charge >= 0.3 is 0 Å². The topological polar surface area (TPSA) is 27.6 Å². The van der Waals surface area contributed by atoms with E-state index in [0.717, 1.165) is 17.9 Å². The third-order valence-corrected chi connectivity index (χ3v) is 3.31. The maximum absolute atomic E-state index is 12.8. The summed E-state index contributed by atoms with van der Waals surface area (Å²) in [5.41, 5.74) is 4.16. The lowest BCUT2D eigenvalue weighted by atomic mass is 10.2. The normalized spacial score (nSPS) is 19.6. The molecular formula is C11H14FN3S. The van der Waals surface area contributed by atoms with Crippen molar-refractivity contribution in [1.82, 2.24) is 10.3 Å². The number of benzene rings is 1. The first-order valence-electron chi connectivity index (χ1n) is 5.15. The van der Waals surface area contributed by atoms with Crippen molar-refractivity contribution in [3.63, 3.8) is 0 Å². The Balaban J connectivity index is 2.24. The molecule has 1 heterocycles. The largest absolute Gasteiger partial charge is 0.325 e. The van der Waals surface area contributed by atoms with Gasteiger partial charge in [-0.05, 0) is 37.4 Å². The van der Waals surface area contributed by atoms with Crippen molar-refractivity contribution in [3.8, 4) is 0 Å². The van der Waals surface area contributed by atoms with Crippen LogP contribution in [0.3, 0.4) is 0 Å². The van der Waals surface area contributed by atoms with Crippen molar-refractivity contribution < 1.29 is 4.39 Å². The van der Waals surface area contributed by atoms with Gasteiger partial charge in [-0.15, -0.1) is 11.8 Å². The summed E-state index contributed by atoms with van der Waals surface area (Å²) in [4.78, 5) is 2.15. The second-order valence-corrected chi connectivity index (χ2v) is 4.36. The molecule has 0 aromatic heterocycles. The highest BCUT2D eigenvalue weighted by molar-refractivity contribution is 7.99. The van der Waals surface area contributed by atoms with Crippen molar-refractivity contribution in [2.24, 2.45) is 5.10 Å². The number of hydrazone groups is 1. The molecule has 0 saturated heterocycles. The monoisotopic (exact) mass is 239 g/mol. The summed E-state index contributed by atoms with van der Waals surface area (Å²) in [7, 11) is 0. The Labute approximate surface area is 98.7 Å². The van der Waals surface area contributed by atoms with Gasteiger partial charge in [-0.2, -0.15) is 5.10 Å². The van der Waals surface area contributed by atoms with Crippen LogP contribution in [-0.4, -0.2) is 29.0 Å². The van der Waals surface area contributed by atoms with Crippen molar-refractivity contribution in [2.75, 3.05) is 12.8 Å².